The Labute approximate surface area is 123 Å². The van der Waals surface area contributed by atoms with Crippen molar-refractivity contribution >= 4 is 0 Å². The molecule has 110 valence electrons. The van der Waals surface area contributed by atoms with Crippen LogP contribution in [-0.2, 0) is 12.8 Å². The highest BCUT2D eigenvalue weighted by Crippen LogP contribution is 2.26. The summed E-state index contributed by atoms with van der Waals surface area (Å²) < 4.78 is 0. The molecule has 0 saturated carbocycles. The van der Waals surface area contributed by atoms with Gasteiger partial charge in [-0.2, -0.15) is 0 Å². The summed E-state index contributed by atoms with van der Waals surface area (Å²) in [6, 6.07) is 8.98. The van der Waals surface area contributed by atoms with Crippen molar-refractivity contribution in [1.82, 2.24) is 10.2 Å². The van der Waals surface area contributed by atoms with Crippen LogP contribution in [0.15, 0.2) is 18.2 Å². The monoisotopic (exact) mass is 272 g/mol. The van der Waals surface area contributed by atoms with Gasteiger partial charge in [-0.05, 0) is 76.2 Å². The summed E-state index contributed by atoms with van der Waals surface area (Å²) in [6.07, 6.45) is 6.44. The molecular formula is C18H28N2. The van der Waals surface area contributed by atoms with E-state index >= 15 is 0 Å². The number of hydrogen-bond acceptors (Lipinski definition) is 2. The van der Waals surface area contributed by atoms with E-state index in [9.17, 15) is 0 Å². The Morgan fingerprint density at radius 2 is 2.05 bits per heavy atom. The predicted molar refractivity (Wildman–Crippen MR) is 85.1 cm³/mol. The van der Waals surface area contributed by atoms with E-state index in [0.717, 1.165) is 0 Å². The second-order valence-electron chi connectivity index (χ2n) is 6.82. The zero-order valence-corrected chi connectivity index (χ0v) is 13.2. The minimum absolute atomic E-state index is 0.474. The van der Waals surface area contributed by atoms with Crippen molar-refractivity contribution in [2.24, 2.45) is 0 Å². The summed E-state index contributed by atoms with van der Waals surface area (Å²) in [6.45, 7) is 5.88. The van der Waals surface area contributed by atoms with E-state index < -0.39 is 0 Å². The molecule has 2 heteroatoms. The molecule has 0 spiro atoms. The first-order valence-corrected chi connectivity index (χ1v) is 8.21. The topological polar surface area (TPSA) is 15.3 Å². The largest absolute Gasteiger partial charge is 0.307 e. The quantitative estimate of drug-likeness (QED) is 0.908. The number of rotatable bonds is 3. The van der Waals surface area contributed by atoms with Crippen LogP contribution in [0.5, 0.6) is 0 Å². The summed E-state index contributed by atoms with van der Waals surface area (Å²) in [5, 5.41) is 3.85. The first-order chi connectivity index (χ1) is 9.63. The molecule has 2 nitrogen and oxygen atoms in total. The molecular weight excluding hydrogens is 244 g/mol. The van der Waals surface area contributed by atoms with Crippen molar-refractivity contribution in [1.29, 1.82) is 0 Å². The Hall–Kier alpha value is -0.860. The fourth-order valence-electron chi connectivity index (χ4n) is 3.75. The lowest BCUT2D eigenvalue weighted by molar-refractivity contribution is 0.163. The van der Waals surface area contributed by atoms with Gasteiger partial charge in [0.1, 0.15) is 0 Å². The van der Waals surface area contributed by atoms with Crippen molar-refractivity contribution in [2.45, 2.75) is 64.1 Å². The molecule has 3 unspecified atom stereocenters. The second-order valence-corrected chi connectivity index (χ2v) is 6.82. The molecule has 0 amide bonds. The Balaban J connectivity index is 1.63. The van der Waals surface area contributed by atoms with Gasteiger partial charge in [0.2, 0.25) is 0 Å². The van der Waals surface area contributed by atoms with Crippen LogP contribution in [0.4, 0.5) is 0 Å². The number of benzene rings is 1. The molecule has 0 aromatic heterocycles. The number of nitrogens with one attached hydrogen (secondary N) is 1. The van der Waals surface area contributed by atoms with E-state index in [0.29, 0.717) is 18.1 Å². The van der Waals surface area contributed by atoms with Crippen molar-refractivity contribution in [3.8, 4) is 0 Å². The van der Waals surface area contributed by atoms with Crippen molar-refractivity contribution in [2.75, 3.05) is 13.6 Å². The molecule has 3 atom stereocenters. The predicted octanol–water partition coefficient (Wildman–Crippen LogP) is 3.31. The average Bonchev–Trinajstić information content (AvgIpc) is 2.90. The molecule has 20 heavy (non-hydrogen) atoms. The van der Waals surface area contributed by atoms with E-state index in [2.05, 4.69) is 49.3 Å². The van der Waals surface area contributed by atoms with Crippen LogP contribution in [0.1, 0.15) is 55.8 Å². The third kappa shape index (κ3) is 2.91. The maximum atomic E-state index is 3.85. The molecule has 2 aliphatic rings. The van der Waals surface area contributed by atoms with Gasteiger partial charge < -0.3 is 10.2 Å². The zero-order valence-electron chi connectivity index (χ0n) is 13.2. The number of likely N-dealkylation sites (tertiary alicyclic amines) is 1. The average molecular weight is 272 g/mol. The van der Waals surface area contributed by atoms with Crippen LogP contribution in [0.25, 0.3) is 0 Å². The molecule has 0 bridgehead atoms. The molecule has 1 fully saturated rings. The zero-order chi connectivity index (χ0) is 14.1. The summed E-state index contributed by atoms with van der Waals surface area (Å²) in [5.41, 5.74) is 4.64. The van der Waals surface area contributed by atoms with Gasteiger partial charge in [0.05, 0.1) is 0 Å². The minimum atomic E-state index is 0.474. The Bertz CT molecular complexity index is 468. The summed E-state index contributed by atoms with van der Waals surface area (Å²) >= 11 is 0. The van der Waals surface area contributed by atoms with Crippen LogP contribution < -0.4 is 5.32 Å². The normalized spacial score (nSPS) is 28.4. The SMILES string of the molecule is CC(NC1CCN(C)C(C)C1)c1ccc2c(c1)CCC2. The lowest BCUT2D eigenvalue weighted by atomic mass is 9.96. The number of hydrogen-bond donors (Lipinski definition) is 1. The molecule has 1 saturated heterocycles. The summed E-state index contributed by atoms with van der Waals surface area (Å²) in [7, 11) is 2.24. The summed E-state index contributed by atoms with van der Waals surface area (Å²) in [4.78, 5) is 2.47. The van der Waals surface area contributed by atoms with Gasteiger partial charge in [-0.25, -0.2) is 0 Å². The Morgan fingerprint density at radius 1 is 1.25 bits per heavy atom. The molecule has 1 aliphatic carbocycles. The van der Waals surface area contributed by atoms with Gasteiger partial charge in [-0.15, -0.1) is 0 Å². The lowest BCUT2D eigenvalue weighted by Crippen LogP contribution is -2.46. The standard InChI is InChI=1S/C18H28N2/c1-13-11-18(9-10-20(13)3)19-14(2)16-8-7-15-5-4-6-17(15)12-16/h7-8,12-14,18-19H,4-6,9-11H2,1-3H3. The maximum Gasteiger partial charge on any atom is 0.0294 e. The van der Waals surface area contributed by atoms with Crippen LogP contribution in [0.2, 0.25) is 0 Å². The maximum absolute atomic E-state index is 3.85. The van der Waals surface area contributed by atoms with E-state index in [1.54, 1.807) is 11.1 Å². The highest BCUT2D eigenvalue weighted by Gasteiger charge is 2.24. The second kappa shape index (κ2) is 5.87. The fourth-order valence-corrected chi connectivity index (χ4v) is 3.75. The van der Waals surface area contributed by atoms with E-state index in [-0.39, 0.29) is 0 Å². The van der Waals surface area contributed by atoms with Crippen LogP contribution >= 0.6 is 0 Å². The van der Waals surface area contributed by atoms with Crippen molar-refractivity contribution in [3.05, 3.63) is 34.9 Å². The number of piperidine rings is 1. The fraction of sp³-hybridized carbons (Fsp3) is 0.667. The summed E-state index contributed by atoms with van der Waals surface area (Å²) in [5.74, 6) is 0. The van der Waals surface area contributed by atoms with Crippen LogP contribution in [-0.4, -0.2) is 30.6 Å². The smallest absolute Gasteiger partial charge is 0.0294 e. The molecule has 1 heterocycles. The third-order valence-electron chi connectivity index (χ3n) is 5.32. The Morgan fingerprint density at radius 3 is 2.85 bits per heavy atom. The van der Waals surface area contributed by atoms with E-state index in [1.165, 1.54) is 44.2 Å². The van der Waals surface area contributed by atoms with Gasteiger partial charge in [-0.3, -0.25) is 0 Å². The number of nitrogens with zero attached hydrogens (tertiary/aromatic N) is 1. The van der Waals surface area contributed by atoms with Crippen LogP contribution in [0.3, 0.4) is 0 Å². The number of aryl methyl sites for hydroxylation is 2. The first-order valence-electron chi connectivity index (χ1n) is 8.21. The van der Waals surface area contributed by atoms with Gasteiger partial charge in [0.25, 0.3) is 0 Å². The Kier molecular flexibility index (Phi) is 4.13. The van der Waals surface area contributed by atoms with Gasteiger partial charge in [0, 0.05) is 18.1 Å². The lowest BCUT2D eigenvalue weighted by Gasteiger charge is -2.36. The highest BCUT2D eigenvalue weighted by atomic mass is 15.1. The van der Waals surface area contributed by atoms with E-state index in [1.807, 2.05) is 0 Å². The van der Waals surface area contributed by atoms with Gasteiger partial charge >= 0.3 is 0 Å². The number of fused-ring (bicyclic) bond motifs is 1. The van der Waals surface area contributed by atoms with Gasteiger partial charge in [0.15, 0.2) is 0 Å². The molecule has 1 aromatic rings. The molecule has 1 N–H and O–H groups in total. The molecule has 0 radical (unpaired) electrons. The van der Waals surface area contributed by atoms with Crippen LogP contribution in [0, 0.1) is 0 Å². The van der Waals surface area contributed by atoms with Gasteiger partial charge in [-0.1, -0.05) is 18.2 Å². The minimum Gasteiger partial charge on any atom is -0.307 e. The highest BCUT2D eigenvalue weighted by molar-refractivity contribution is 5.36. The van der Waals surface area contributed by atoms with E-state index in [4.69, 9.17) is 0 Å². The molecule has 3 rings (SSSR count). The van der Waals surface area contributed by atoms with Crippen molar-refractivity contribution in [3.63, 3.8) is 0 Å². The first kappa shape index (κ1) is 14.1. The third-order valence-corrected chi connectivity index (χ3v) is 5.32. The molecule has 1 aliphatic heterocycles. The van der Waals surface area contributed by atoms with Crippen molar-refractivity contribution < 1.29 is 0 Å². The molecule has 1 aromatic carbocycles.